The molecule has 3 aromatic rings. The van der Waals surface area contributed by atoms with E-state index in [-0.39, 0.29) is 5.56 Å². The minimum atomic E-state index is -0.967. The van der Waals surface area contributed by atoms with Crippen LogP contribution in [0.3, 0.4) is 0 Å². The van der Waals surface area contributed by atoms with Crippen LogP contribution in [0.25, 0.3) is 10.9 Å². The number of nitrogens with two attached hydrogens (primary N) is 1. The number of hydrogen-bond donors (Lipinski definition) is 2. The molecule has 0 spiro atoms. The normalized spacial score (nSPS) is 10.9. The third-order valence-electron chi connectivity index (χ3n) is 3.56. The van der Waals surface area contributed by atoms with Gasteiger partial charge in [0.1, 0.15) is 0 Å². The summed E-state index contributed by atoms with van der Waals surface area (Å²) in [4.78, 5) is 19.6. The molecule has 3 N–H and O–H groups in total. The van der Waals surface area contributed by atoms with E-state index in [1.807, 2.05) is 18.2 Å². The van der Waals surface area contributed by atoms with E-state index >= 15 is 0 Å². The highest BCUT2D eigenvalue weighted by atomic mass is 35.5. The Morgan fingerprint density at radius 1 is 1.22 bits per heavy atom. The summed E-state index contributed by atoms with van der Waals surface area (Å²) in [6, 6.07) is 8.83. The molecule has 2 heterocycles. The maximum Gasteiger partial charge on any atom is 0.335 e. The van der Waals surface area contributed by atoms with Gasteiger partial charge < -0.3 is 10.8 Å². The minimum Gasteiger partial charge on any atom is -0.478 e. The molecule has 0 aliphatic carbocycles. The molecule has 1 aromatic carbocycles. The first kappa shape index (κ1) is 15.4. The summed E-state index contributed by atoms with van der Waals surface area (Å²) in [5, 5.41) is 10.5. The number of halogens is 1. The number of nitrogens with zero attached hydrogens (tertiary/aromatic N) is 2. The molecule has 23 heavy (non-hydrogen) atoms. The Labute approximate surface area is 137 Å². The number of hydrogen-bond acceptors (Lipinski definition) is 4. The fourth-order valence-corrected chi connectivity index (χ4v) is 2.71. The second kappa shape index (κ2) is 6.32. The van der Waals surface area contributed by atoms with Crippen LogP contribution in [0, 0.1) is 0 Å². The Bertz CT molecular complexity index is 896. The summed E-state index contributed by atoms with van der Waals surface area (Å²) < 4.78 is 0. The van der Waals surface area contributed by atoms with E-state index in [1.54, 1.807) is 12.3 Å². The summed E-state index contributed by atoms with van der Waals surface area (Å²) in [5.41, 5.74) is 9.45. The predicted octanol–water partition coefficient (Wildman–Crippen LogP) is 3.03. The topological polar surface area (TPSA) is 89.1 Å². The lowest BCUT2D eigenvalue weighted by molar-refractivity contribution is 0.0696. The molecule has 0 atom stereocenters. The van der Waals surface area contributed by atoms with Crippen molar-refractivity contribution in [3.8, 4) is 0 Å². The molecular formula is C17H14ClN3O2. The molecule has 0 radical (unpaired) electrons. The van der Waals surface area contributed by atoms with Gasteiger partial charge in [-0.2, -0.15) is 0 Å². The van der Waals surface area contributed by atoms with E-state index in [4.69, 9.17) is 22.4 Å². The highest BCUT2D eigenvalue weighted by Crippen LogP contribution is 2.23. The average Bonchev–Trinajstić information content (AvgIpc) is 2.54. The van der Waals surface area contributed by atoms with Gasteiger partial charge in [0.25, 0.3) is 0 Å². The lowest BCUT2D eigenvalue weighted by Gasteiger charge is -2.09. The van der Waals surface area contributed by atoms with Gasteiger partial charge in [-0.1, -0.05) is 17.7 Å². The van der Waals surface area contributed by atoms with Crippen LogP contribution in [0.15, 0.2) is 42.7 Å². The number of carboxylic acid groups (broad SMARTS) is 1. The summed E-state index contributed by atoms with van der Waals surface area (Å²) in [6.07, 6.45) is 3.61. The fraction of sp³-hybridized carbons (Fsp3) is 0.118. The van der Waals surface area contributed by atoms with E-state index < -0.39 is 5.97 Å². The van der Waals surface area contributed by atoms with Crippen LogP contribution >= 0.6 is 11.6 Å². The first-order chi connectivity index (χ1) is 11.1. The standard InChI is InChI=1S/C17H14ClN3O2/c18-14-6-12-3-10(4-13(8-19)16(12)21-9-14)5-15-7-11(17(22)23)1-2-20-15/h1-4,6-7,9H,5,8,19H2,(H,22,23). The van der Waals surface area contributed by atoms with Crippen LogP contribution in [-0.4, -0.2) is 21.0 Å². The molecule has 0 fully saturated rings. The zero-order valence-electron chi connectivity index (χ0n) is 12.2. The maximum atomic E-state index is 11.1. The van der Waals surface area contributed by atoms with Crippen molar-refractivity contribution in [1.82, 2.24) is 9.97 Å². The van der Waals surface area contributed by atoms with E-state index in [0.717, 1.165) is 22.0 Å². The van der Waals surface area contributed by atoms with Crippen LogP contribution in [0.2, 0.25) is 5.02 Å². The molecule has 0 amide bonds. The van der Waals surface area contributed by atoms with E-state index in [0.29, 0.717) is 23.7 Å². The quantitative estimate of drug-likeness (QED) is 0.768. The third kappa shape index (κ3) is 3.31. The molecule has 116 valence electrons. The van der Waals surface area contributed by atoms with Gasteiger partial charge >= 0.3 is 5.97 Å². The summed E-state index contributed by atoms with van der Waals surface area (Å²) in [5.74, 6) is -0.967. The number of rotatable bonds is 4. The first-order valence-electron chi connectivity index (χ1n) is 7.02. The van der Waals surface area contributed by atoms with Crippen LogP contribution < -0.4 is 5.73 Å². The first-order valence-corrected chi connectivity index (χ1v) is 7.40. The molecule has 0 aliphatic heterocycles. The number of benzene rings is 1. The van der Waals surface area contributed by atoms with Crippen molar-refractivity contribution in [2.75, 3.05) is 0 Å². The highest BCUT2D eigenvalue weighted by Gasteiger charge is 2.09. The van der Waals surface area contributed by atoms with Crippen molar-refractivity contribution in [3.05, 3.63) is 70.1 Å². The number of carbonyl (C=O) groups is 1. The van der Waals surface area contributed by atoms with Gasteiger partial charge in [-0.05, 0) is 35.4 Å². The molecule has 0 saturated carbocycles. The number of aromatic carboxylic acids is 1. The van der Waals surface area contributed by atoms with Crippen molar-refractivity contribution in [2.24, 2.45) is 5.73 Å². The summed E-state index contributed by atoms with van der Waals surface area (Å²) >= 11 is 6.01. The number of fused-ring (bicyclic) bond motifs is 1. The Balaban J connectivity index is 2.03. The van der Waals surface area contributed by atoms with Crippen molar-refractivity contribution in [3.63, 3.8) is 0 Å². The summed E-state index contributed by atoms with van der Waals surface area (Å²) in [6.45, 7) is 0.363. The molecule has 0 unspecified atom stereocenters. The van der Waals surface area contributed by atoms with Crippen LogP contribution in [0.5, 0.6) is 0 Å². The molecule has 0 aliphatic rings. The van der Waals surface area contributed by atoms with Gasteiger partial charge in [0, 0.05) is 36.4 Å². The van der Waals surface area contributed by atoms with E-state index in [9.17, 15) is 4.79 Å². The molecule has 0 bridgehead atoms. The molecular weight excluding hydrogens is 314 g/mol. The smallest absolute Gasteiger partial charge is 0.335 e. The largest absolute Gasteiger partial charge is 0.478 e. The maximum absolute atomic E-state index is 11.1. The SMILES string of the molecule is NCc1cc(Cc2cc(C(=O)O)ccn2)cc2cc(Cl)cnc12. The van der Waals surface area contributed by atoms with Gasteiger partial charge in [-0.15, -0.1) is 0 Å². The number of pyridine rings is 2. The Hall–Kier alpha value is -2.50. The lowest BCUT2D eigenvalue weighted by Crippen LogP contribution is -2.02. The molecule has 0 saturated heterocycles. The van der Waals surface area contributed by atoms with Crippen molar-refractivity contribution < 1.29 is 9.90 Å². The second-order valence-electron chi connectivity index (χ2n) is 5.20. The minimum absolute atomic E-state index is 0.222. The lowest BCUT2D eigenvalue weighted by atomic mass is 10.0. The predicted molar refractivity (Wildman–Crippen MR) is 88.6 cm³/mol. The monoisotopic (exact) mass is 327 g/mol. The van der Waals surface area contributed by atoms with Gasteiger partial charge in [-0.3, -0.25) is 9.97 Å². The van der Waals surface area contributed by atoms with Crippen LogP contribution in [0.1, 0.15) is 27.2 Å². The Morgan fingerprint density at radius 2 is 2.04 bits per heavy atom. The van der Waals surface area contributed by atoms with E-state index in [1.165, 1.54) is 12.3 Å². The number of aromatic nitrogens is 2. The third-order valence-corrected chi connectivity index (χ3v) is 3.76. The molecule has 3 rings (SSSR count). The van der Waals surface area contributed by atoms with Crippen molar-refractivity contribution in [2.45, 2.75) is 13.0 Å². The molecule has 6 heteroatoms. The van der Waals surface area contributed by atoms with Crippen LogP contribution in [0.4, 0.5) is 0 Å². The molecule has 5 nitrogen and oxygen atoms in total. The van der Waals surface area contributed by atoms with E-state index in [2.05, 4.69) is 9.97 Å². The second-order valence-corrected chi connectivity index (χ2v) is 5.64. The van der Waals surface area contributed by atoms with Crippen molar-refractivity contribution in [1.29, 1.82) is 0 Å². The van der Waals surface area contributed by atoms with Gasteiger partial charge in [0.05, 0.1) is 16.1 Å². The van der Waals surface area contributed by atoms with Crippen LogP contribution in [-0.2, 0) is 13.0 Å². The number of carboxylic acids is 1. The van der Waals surface area contributed by atoms with Gasteiger partial charge in [-0.25, -0.2) is 4.79 Å². The van der Waals surface area contributed by atoms with Gasteiger partial charge in [0.15, 0.2) is 0 Å². The fourth-order valence-electron chi connectivity index (χ4n) is 2.54. The average molecular weight is 328 g/mol. The Morgan fingerprint density at radius 3 is 2.78 bits per heavy atom. The molecule has 2 aromatic heterocycles. The highest BCUT2D eigenvalue weighted by molar-refractivity contribution is 6.31. The zero-order chi connectivity index (χ0) is 16.4. The summed E-state index contributed by atoms with van der Waals surface area (Å²) in [7, 11) is 0. The van der Waals surface area contributed by atoms with Gasteiger partial charge in [0.2, 0.25) is 0 Å². The van der Waals surface area contributed by atoms with Crippen molar-refractivity contribution >= 4 is 28.5 Å². The Kier molecular flexibility index (Phi) is 4.23. The zero-order valence-corrected chi connectivity index (χ0v) is 12.9.